The SMILES string of the molecule is C=CCC/C=C/CC/C=C(\C)CCCC(C)C(=C)O. The third-order valence-corrected chi connectivity index (χ3v) is 3.31. The van der Waals surface area contributed by atoms with Gasteiger partial charge < -0.3 is 5.11 Å². The topological polar surface area (TPSA) is 20.2 Å². The number of hydrogen-bond acceptors (Lipinski definition) is 1. The van der Waals surface area contributed by atoms with Gasteiger partial charge in [-0.3, -0.25) is 0 Å². The Morgan fingerprint density at radius 1 is 1.16 bits per heavy atom. The van der Waals surface area contributed by atoms with Crippen LogP contribution in [0.25, 0.3) is 0 Å². The molecule has 0 saturated heterocycles. The van der Waals surface area contributed by atoms with Gasteiger partial charge >= 0.3 is 0 Å². The van der Waals surface area contributed by atoms with Crippen LogP contribution in [0.4, 0.5) is 0 Å². The van der Waals surface area contributed by atoms with Crippen LogP contribution in [0.5, 0.6) is 0 Å². The van der Waals surface area contributed by atoms with Crippen LogP contribution in [0, 0.1) is 5.92 Å². The minimum atomic E-state index is 0.223. The van der Waals surface area contributed by atoms with Crippen LogP contribution in [-0.2, 0) is 0 Å². The molecular weight excluding hydrogens is 232 g/mol. The van der Waals surface area contributed by atoms with E-state index in [0.717, 1.165) is 44.9 Å². The average molecular weight is 262 g/mol. The molecule has 0 amide bonds. The number of unbranched alkanes of at least 4 members (excludes halogenated alkanes) is 2. The minimum absolute atomic E-state index is 0.223. The first-order valence-electron chi connectivity index (χ1n) is 7.37. The van der Waals surface area contributed by atoms with E-state index < -0.39 is 0 Å². The number of aliphatic hydroxyl groups excluding tert-OH is 1. The molecule has 0 radical (unpaired) electrons. The van der Waals surface area contributed by atoms with Gasteiger partial charge in [-0.25, -0.2) is 0 Å². The molecule has 108 valence electrons. The van der Waals surface area contributed by atoms with Gasteiger partial charge in [0.05, 0.1) is 5.76 Å². The van der Waals surface area contributed by atoms with Crippen molar-refractivity contribution in [2.45, 2.75) is 58.8 Å². The first-order valence-corrected chi connectivity index (χ1v) is 7.37. The summed E-state index contributed by atoms with van der Waals surface area (Å²) in [5, 5.41) is 9.23. The van der Waals surface area contributed by atoms with Gasteiger partial charge in [-0.2, -0.15) is 0 Å². The summed E-state index contributed by atoms with van der Waals surface area (Å²) >= 11 is 0. The van der Waals surface area contributed by atoms with E-state index in [9.17, 15) is 5.11 Å². The van der Waals surface area contributed by atoms with Gasteiger partial charge in [0.25, 0.3) is 0 Å². The normalized spacial score (nSPS) is 13.7. The second-order valence-corrected chi connectivity index (χ2v) is 5.25. The lowest BCUT2D eigenvalue weighted by molar-refractivity contribution is 0.331. The molecule has 0 aliphatic rings. The predicted octanol–water partition coefficient (Wildman–Crippen LogP) is 6.11. The van der Waals surface area contributed by atoms with Crippen LogP contribution in [-0.4, -0.2) is 5.11 Å². The highest BCUT2D eigenvalue weighted by atomic mass is 16.3. The Bertz CT molecular complexity index is 310. The molecule has 0 aromatic heterocycles. The maximum atomic E-state index is 9.23. The molecule has 1 unspecified atom stereocenters. The summed E-state index contributed by atoms with van der Waals surface area (Å²) in [4.78, 5) is 0. The van der Waals surface area contributed by atoms with Crippen LogP contribution in [0.15, 0.2) is 48.8 Å². The van der Waals surface area contributed by atoms with Crippen molar-refractivity contribution in [3.63, 3.8) is 0 Å². The minimum Gasteiger partial charge on any atom is -0.513 e. The molecule has 0 spiro atoms. The lowest BCUT2D eigenvalue weighted by Crippen LogP contribution is -1.97. The number of aliphatic hydroxyl groups is 1. The highest BCUT2D eigenvalue weighted by molar-refractivity contribution is 4.99. The van der Waals surface area contributed by atoms with E-state index in [1.165, 1.54) is 5.57 Å². The van der Waals surface area contributed by atoms with Crippen molar-refractivity contribution < 1.29 is 5.11 Å². The summed E-state index contributed by atoms with van der Waals surface area (Å²) in [6, 6.07) is 0. The van der Waals surface area contributed by atoms with Crippen LogP contribution in [0.2, 0.25) is 0 Å². The van der Waals surface area contributed by atoms with Crippen LogP contribution in [0.1, 0.15) is 58.8 Å². The van der Waals surface area contributed by atoms with Crippen molar-refractivity contribution in [1.82, 2.24) is 0 Å². The Kier molecular flexibility index (Phi) is 11.1. The van der Waals surface area contributed by atoms with Crippen molar-refractivity contribution >= 4 is 0 Å². The molecule has 0 aromatic carbocycles. The van der Waals surface area contributed by atoms with Crippen molar-refractivity contribution in [3.8, 4) is 0 Å². The van der Waals surface area contributed by atoms with Gasteiger partial charge in [-0.15, -0.1) is 6.58 Å². The zero-order valence-electron chi connectivity index (χ0n) is 12.7. The van der Waals surface area contributed by atoms with Crippen molar-refractivity contribution in [2.75, 3.05) is 0 Å². The first kappa shape index (κ1) is 17.8. The Balaban J connectivity index is 3.63. The van der Waals surface area contributed by atoms with Gasteiger partial charge in [0.15, 0.2) is 0 Å². The van der Waals surface area contributed by atoms with Gasteiger partial charge in [-0.05, 0) is 51.9 Å². The molecule has 1 N–H and O–H groups in total. The highest BCUT2D eigenvalue weighted by Crippen LogP contribution is 2.16. The van der Waals surface area contributed by atoms with E-state index in [0.29, 0.717) is 5.76 Å². The van der Waals surface area contributed by atoms with E-state index in [4.69, 9.17) is 0 Å². The standard InChI is InChI=1S/C18H30O/c1-5-6-7-8-9-10-11-13-16(2)14-12-15-17(3)18(4)19/h5,8-9,13,17,19H,1,4,6-7,10-12,14-15H2,2-3H3/b9-8+,16-13+. The van der Waals surface area contributed by atoms with Crippen LogP contribution in [0.3, 0.4) is 0 Å². The van der Waals surface area contributed by atoms with Gasteiger partial charge in [0.2, 0.25) is 0 Å². The fourth-order valence-corrected chi connectivity index (χ4v) is 1.83. The molecule has 0 bridgehead atoms. The molecular formula is C18H30O. The molecule has 0 rings (SSSR count). The largest absolute Gasteiger partial charge is 0.513 e. The smallest absolute Gasteiger partial charge is 0.0879 e. The van der Waals surface area contributed by atoms with E-state index in [1.807, 2.05) is 13.0 Å². The van der Waals surface area contributed by atoms with E-state index in [2.05, 4.69) is 38.3 Å². The zero-order valence-corrected chi connectivity index (χ0v) is 12.7. The highest BCUT2D eigenvalue weighted by Gasteiger charge is 2.04. The zero-order chi connectivity index (χ0) is 14.5. The van der Waals surface area contributed by atoms with Crippen molar-refractivity contribution in [1.29, 1.82) is 0 Å². The Morgan fingerprint density at radius 3 is 2.37 bits per heavy atom. The number of rotatable bonds is 11. The molecule has 0 heterocycles. The summed E-state index contributed by atoms with van der Waals surface area (Å²) in [6.07, 6.45) is 16.5. The predicted molar refractivity (Wildman–Crippen MR) is 86.3 cm³/mol. The van der Waals surface area contributed by atoms with Gasteiger partial charge in [-0.1, -0.05) is 43.4 Å². The molecule has 1 atom stereocenters. The second-order valence-electron chi connectivity index (χ2n) is 5.25. The molecule has 19 heavy (non-hydrogen) atoms. The quantitative estimate of drug-likeness (QED) is 0.270. The summed E-state index contributed by atoms with van der Waals surface area (Å²) in [6.45, 7) is 11.5. The molecule has 0 aromatic rings. The molecule has 0 fully saturated rings. The van der Waals surface area contributed by atoms with Gasteiger partial charge in [0, 0.05) is 5.92 Å². The van der Waals surface area contributed by atoms with Gasteiger partial charge in [0.1, 0.15) is 0 Å². The van der Waals surface area contributed by atoms with Crippen molar-refractivity contribution in [2.24, 2.45) is 5.92 Å². The molecule has 1 heteroatoms. The fourth-order valence-electron chi connectivity index (χ4n) is 1.83. The maximum Gasteiger partial charge on any atom is 0.0879 e. The maximum absolute atomic E-state index is 9.23. The van der Waals surface area contributed by atoms with Crippen molar-refractivity contribution in [3.05, 3.63) is 48.8 Å². The Morgan fingerprint density at radius 2 is 1.79 bits per heavy atom. The van der Waals surface area contributed by atoms with Crippen LogP contribution < -0.4 is 0 Å². The molecule has 0 aliphatic carbocycles. The summed E-state index contributed by atoms with van der Waals surface area (Å²) in [7, 11) is 0. The summed E-state index contributed by atoms with van der Waals surface area (Å²) in [5.74, 6) is 0.534. The van der Waals surface area contributed by atoms with E-state index >= 15 is 0 Å². The average Bonchev–Trinajstić information content (AvgIpc) is 2.37. The molecule has 0 aliphatic heterocycles. The lowest BCUT2D eigenvalue weighted by atomic mass is 10.00. The third-order valence-electron chi connectivity index (χ3n) is 3.31. The fraction of sp³-hybridized carbons (Fsp3) is 0.556. The summed E-state index contributed by atoms with van der Waals surface area (Å²) < 4.78 is 0. The van der Waals surface area contributed by atoms with Crippen LogP contribution >= 0.6 is 0 Å². The number of allylic oxidation sites excluding steroid dienone is 6. The summed E-state index contributed by atoms with van der Waals surface area (Å²) in [5.41, 5.74) is 1.45. The monoisotopic (exact) mass is 262 g/mol. The Labute approximate surface area is 119 Å². The third kappa shape index (κ3) is 11.6. The lowest BCUT2D eigenvalue weighted by Gasteiger charge is -2.09. The molecule has 0 saturated carbocycles. The van der Waals surface area contributed by atoms with E-state index in [-0.39, 0.29) is 5.92 Å². The number of hydrogen-bond donors (Lipinski definition) is 1. The molecule has 1 nitrogen and oxygen atoms in total. The van der Waals surface area contributed by atoms with E-state index in [1.54, 1.807) is 0 Å². The first-order chi connectivity index (χ1) is 9.07. The second kappa shape index (κ2) is 11.8. The Hall–Kier alpha value is -1.24.